The summed E-state index contributed by atoms with van der Waals surface area (Å²) in [5, 5.41) is 17.5. The van der Waals surface area contributed by atoms with Crippen LogP contribution in [0, 0.1) is 16.7 Å². The zero-order valence-electron chi connectivity index (χ0n) is 20.2. The van der Waals surface area contributed by atoms with Crippen molar-refractivity contribution in [3.8, 4) is 11.5 Å². The van der Waals surface area contributed by atoms with Crippen LogP contribution in [0.25, 0.3) is 17.0 Å². The lowest BCUT2D eigenvalue weighted by molar-refractivity contribution is 0.1000. The predicted molar refractivity (Wildman–Crippen MR) is 128 cm³/mol. The Morgan fingerprint density at radius 2 is 2.06 bits per heavy atom. The standard InChI is InChI=1S/C23H34N8O2/c1-13-7-8-17(23(13,5)6)31(25)18-15(19(24)32)10-27-30-11-14(9-16(18)30)20-28-29-21(33-20)26-12-22(2,3)4/h9-11,13,17H,7-8,12,25H2,1-6H3,(H2,24,32)(H,26,29)/t13-,17-/m1/s1. The molecule has 3 aromatic rings. The van der Waals surface area contributed by atoms with Gasteiger partial charge in [-0.05, 0) is 35.7 Å². The Kier molecular flexibility index (Phi) is 5.60. The molecular formula is C23H34N8O2. The fourth-order valence-corrected chi connectivity index (χ4v) is 4.50. The highest BCUT2D eigenvalue weighted by Gasteiger charge is 2.44. The predicted octanol–water partition coefficient (Wildman–Crippen LogP) is 3.45. The summed E-state index contributed by atoms with van der Waals surface area (Å²) in [5.41, 5.74) is 7.91. The van der Waals surface area contributed by atoms with Crippen molar-refractivity contribution >= 4 is 23.1 Å². The summed E-state index contributed by atoms with van der Waals surface area (Å²) in [7, 11) is 0. The number of nitrogens with zero attached hydrogens (tertiary/aromatic N) is 5. The molecular weight excluding hydrogens is 420 g/mol. The van der Waals surface area contributed by atoms with Crippen LogP contribution in [0.15, 0.2) is 22.9 Å². The summed E-state index contributed by atoms with van der Waals surface area (Å²) in [5.74, 6) is 6.97. The number of fused-ring (bicyclic) bond motifs is 1. The summed E-state index contributed by atoms with van der Waals surface area (Å²) < 4.78 is 7.47. The molecule has 0 aliphatic heterocycles. The van der Waals surface area contributed by atoms with Crippen LogP contribution in [0.3, 0.4) is 0 Å². The second-order valence-corrected chi connectivity index (χ2v) is 10.9. The maximum atomic E-state index is 12.3. The highest BCUT2D eigenvalue weighted by atomic mass is 16.4. The van der Waals surface area contributed by atoms with Gasteiger partial charge in [0.2, 0.25) is 0 Å². The third-order valence-corrected chi connectivity index (χ3v) is 6.91. The summed E-state index contributed by atoms with van der Waals surface area (Å²) >= 11 is 0. The first-order chi connectivity index (χ1) is 15.4. The minimum atomic E-state index is -0.575. The average molecular weight is 455 g/mol. The molecule has 0 bridgehead atoms. The van der Waals surface area contributed by atoms with Gasteiger partial charge in [-0.3, -0.25) is 4.79 Å². The maximum absolute atomic E-state index is 12.3. The molecule has 1 fully saturated rings. The number of carbonyl (C=O) groups is 1. The van der Waals surface area contributed by atoms with Crippen molar-refractivity contribution in [3.05, 3.63) is 24.0 Å². The maximum Gasteiger partial charge on any atom is 0.315 e. The molecule has 3 aromatic heterocycles. The Hall–Kier alpha value is -3.14. The van der Waals surface area contributed by atoms with E-state index in [1.54, 1.807) is 15.7 Å². The first-order valence-corrected chi connectivity index (χ1v) is 11.3. The monoisotopic (exact) mass is 454 g/mol. The molecule has 33 heavy (non-hydrogen) atoms. The molecule has 10 heteroatoms. The summed E-state index contributed by atoms with van der Waals surface area (Å²) in [4.78, 5) is 12.3. The van der Waals surface area contributed by atoms with E-state index in [-0.39, 0.29) is 22.4 Å². The lowest BCUT2D eigenvalue weighted by Crippen LogP contribution is -2.49. The zero-order valence-corrected chi connectivity index (χ0v) is 20.2. The lowest BCUT2D eigenvalue weighted by Gasteiger charge is -2.38. The number of rotatable bonds is 6. The van der Waals surface area contributed by atoms with E-state index < -0.39 is 5.91 Å². The van der Waals surface area contributed by atoms with Gasteiger partial charge in [-0.15, -0.1) is 5.10 Å². The fraction of sp³-hybridized carbons (Fsp3) is 0.565. The molecule has 0 aromatic carbocycles. The molecule has 10 nitrogen and oxygen atoms in total. The number of amides is 1. The highest BCUT2D eigenvalue weighted by molar-refractivity contribution is 6.02. The van der Waals surface area contributed by atoms with Gasteiger partial charge in [0.25, 0.3) is 11.8 Å². The van der Waals surface area contributed by atoms with Gasteiger partial charge in [-0.2, -0.15) is 5.10 Å². The topological polar surface area (TPSA) is 141 Å². The third-order valence-electron chi connectivity index (χ3n) is 6.91. The minimum absolute atomic E-state index is 0.0283. The van der Waals surface area contributed by atoms with E-state index in [4.69, 9.17) is 16.0 Å². The van der Waals surface area contributed by atoms with Gasteiger partial charge in [-0.1, -0.05) is 46.6 Å². The van der Waals surface area contributed by atoms with E-state index in [0.29, 0.717) is 41.1 Å². The number of hydrazine groups is 1. The molecule has 1 saturated carbocycles. The van der Waals surface area contributed by atoms with Gasteiger partial charge >= 0.3 is 6.01 Å². The van der Waals surface area contributed by atoms with Gasteiger partial charge < -0.3 is 20.5 Å². The molecule has 0 spiro atoms. The van der Waals surface area contributed by atoms with E-state index in [0.717, 1.165) is 12.8 Å². The van der Waals surface area contributed by atoms with Crippen LogP contribution in [0.5, 0.6) is 0 Å². The molecule has 4 rings (SSSR count). The van der Waals surface area contributed by atoms with E-state index in [9.17, 15) is 4.79 Å². The van der Waals surface area contributed by atoms with E-state index in [1.807, 2.05) is 6.07 Å². The Morgan fingerprint density at radius 3 is 2.67 bits per heavy atom. The molecule has 1 aliphatic rings. The number of hydrogen-bond donors (Lipinski definition) is 3. The fourth-order valence-electron chi connectivity index (χ4n) is 4.50. The van der Waals surface area contributed by atoms with Crippen LogP contribution in [0.2, 0.25) is 0 Å². The molecule has 1 aliphatic carbocycles. The Morgan fingerprint density at radius 1 is 1.33 bits per heavy atom. The van der Waals surface area contributed by atoms with Gasteiger partial charge in [-0.25, -0.2) is 10.4 Å². The van der Waals surface area contributed by atoms with Crippen LogP contribution in [0.4, 0.5) is 11.7 Å². The lowest BCUT2D eigenvalue weighted by atomic mass is 9.80. The van der Waals surface area contributed by atoms with Crippen molar-refractivity contribution in [1.29, 1.82) is 0 Å². The largest absolute Gasteiger partial charge is 0.403 e. The third kappa shape index (κ3) is 4.27. The number of nitrogens with two attached hydrogens (primary N) is 2. The van der Waals surface area contributed by atoms with Crippen molar-refractivity contribution in [2.24, 2.45) is 28.3 Å². The van der Waals surface area contributed by atoms with Crippen molar-refractivity contribution in [3.63, 3.8) is 0 Å². The number of carbonyl (C=O) groups excluding carboxylic acids is 1. The van der Waals surface area contributed by atoms with Crippen molar-refractivity contribution in [2.75, 3.05) is 16.9 Å². The smallest absolute Gasteiger partial charge is 0.315 e. The molecule has 5 N–H and O–H groups in total. The number of anilines is 2. The summed E-state index contributed by atoms with van der Waals surface area (Å²) in [6, 6.07) is 2.25. The SMILES string of the molecule is C[C@@H]1CC[C@@H](N(N)c2c(C(N)=O)cnn3cc(-c4nnc(NCC(C)(C)C)o4)cc23)C1(C)C. The number of hydrogen-bond acceptors (Lipinski definition) is 8. The first kappa shape index (κ1) is 23.0. The highest BCUT2D eigenvalue weighted by Crippen LogP contribution is 2.46. The molecule has 1 amide bonds. The Bertz CT molecular complexity index is 1170. The van der Waals surface area contributed by atoms with Gasteiger partial charge in [0.1, 0.15) is 0 Å². The molecule has 0 radical (unpaired) electrons. The average Bonchev–Trinajstić information content (AvgIpc) is 3.42. The normalized spacial score (nSPS) is 20.3. The molecule has 0 unspecified atom stereocenters. The Balaban J connectivity index is 1.74. The van der Waals surface area contributed by atoms with E-state index in [2.05, 4.69) is 62.2 Å². The number of nitrogens with one attached hydrogen (secondary N) is 1. The second-order valence-electron chi connectivity index (χ2n) is 10.9. The molecule has 2 atom stereocenters. The van der Waals surface area contributed by atoms with Crippen LogP contribution in [-0.4, -0.2) is 38.3 Å². The van der Waals surface area contributed by atoms with Gasteiger partial charge in [0, 0.05) is 12.7 Å². The first-order valence-electron chi connectivity index (χ1n) is 11.3. The van der Waals surface area contributed by atoms with Crippen LogP contribution in [0.1, 0.15) is 64.7 Å². The van der Waals surface area contributed by atoms with Crippen molar-refractivity contribution in [1.82, 2.24) is 19.8 Å². The summed E-state index contributed by atoms with van der Waals surface area (Å²) in [6.07, 6.45) is 5.24. The zero-order chi connectivity index (χ0) is 24.1. The number of aromatic nitrogens is 4. The second kappa shape index (κ2) is 8.02. The van der Waals surface area contributed by atoms with Crippen LogP contribution in [-0.2, 0) is 0 Å². The molecule has 0 saturated heterocycles. The summed E-state index contributed by atoms with van der Waals surface area (Å²) in [6.45, 7) is 13.7. The number of primary amides is 1. The van der Waals surface area contributed by atoms with E-state index in [1.165, 1.54) is 6.20 Å². The molecule has 178 valence electrons. The van der Waals surface area contributed by atoms with Gasteiger partial charge in [0.05, 0.1) is 34.6 Å². The van der Waals surface area contributed by atoms with Gasteiger partial charge in [0.15, 0.2) is 0 Å². The van der Waals surface area contributed by atoms with Crippen molar-refractivity contribution in [2.45, 2.75) is 60.4 Å². The minimum Gasteiger partial charge on any atom is -0.403 e. The van der Waals surface area contributed by atoms with Crippen LogP contribution >= 0.6 is 0 Å². The van der Waals surface area contributed by atoms with E-state index >= 15 is 0 Å². The van der Waals surface area contributed by atoms with Crippen LogP contribution < -0.4 is 21.9 Å². The quantitative estimate of drug-likeness (QED) is 0.380. The molecule has 3 heterocycles. The van der Waals surface area contributed by atoms with Crippen molar-refractivity contribution < 1.29 is 9.21 Å². The Labute approximate surface area is 193 Å².